The molecule has 2 heteroatoms. The maximum absolute atomic E-state index is 10.6. The SMILES string of the molecule is CCC1CCCC(C(O)c2cccc(Cl)c2C)C1. The second-order valence-electron chi connectivity index (χ2n) is 5.60. The molecule has 0 bridgehead atoms. The van der Waals surface area contributed by atoms with Crippen molar-refractivity contribution in [2.45, 2.75) is 52.1 Å². The molecular weight excluding hydrogens is 244 g/mol. The van der Waals surface area contributed by atoms with Crippen LogP contribution in [0.4, 0.5) is 0 Å². The zero-order valence-corrected chi connectivity index (χ0v) is 12.1. The first-order valence-electron chi connectivity index (χ1n) is 7.06. The maximum atomic E-state index is 10.6. The Kier molecular flexibility index (Phi) is 4.69. The van der Waals surface area contributed by atoms with E-state index in [0.717, 1.165) is 34.9 Å². The van der Waals surface area contributed by atoms with Gasteiger partial charge in [-0.15, -0.1) is 0 Å². The van der Waals surface area contributed by atoms with E-state index in [1.807, 2.05) is 25.1 Å². The van der Waals surface area contributed by atoms with Gasteiger partial charge in [0.05, 0.1) is 6.10 Å². The smallest absolute Gasteiger partial charge is 0.0821 e. The zero-order valence-electron chi connectivity index (χ0n) is 11.3. The summed E-state index contributed by atoms with van der Waals surface area (Å²) in [7, 11) is 0. The molecule has 1 aromatic rings. The first-order valence-corrected chi connectivity index (χ1v) is 7.44. The van der Waals surface area contributed by atoms with Gasteiger partial charge in [-0.1, -0.05) is 49.9 Å². The molecule has 1 aliphatic rings. The average Bonchev–Trinajstić information content (AvgIpc) is 2.41. The fraction of sp³-hybridized carbons (Fsp3) is 0.625. The molecule has 1 N–H and O–H groups in total. The van der Waals surface area contributed by atoms with Crippen LogP contribution in [0.1, 0.15) is 56.3 Å². The van der Waals surface area contributed by atoms with E-state index >= 15 is 0 Å². The molecule has 0 amide bonds. The summed E-state index contributed by atoms with van der Waals surface area (Å²) in [5.41, 5.74) is 2.05. The number of aliphatic hydroxyl groups is 1. The minimum atomic E-state index is -0.349. The van der Waals surface area contributed by atoms with Gasteiger partial charge in [0, 0.05) is 5.02 Å². The van der Waals surface area contributed by atoms with Crippen LogP contribution in [0.5, 0.6) is 0 Å². The van der Waals surface area contributed by atoms with E-state index in [1.165, 1.54) is 19.3 Å². The predicted octanol–water partition coefficient (Wildman–Crippen LogP) is 4.90. The van der Waals surface area contributed by atoms with Gasteiger partial charge < -0.3 is 5.11 Å². The van der Waals surface area contributed by atoms with E-state index in [2.05, 4.69) is 6.92 Å². The molecule has 3 unspecified atom stereocenters. The number of rotatable bonds is 3. The van der Waals surface area contributed by atoms with E-state index in [0.29, 0.717) is 5.92 Å². The van der Waals surface area contributed by atoms with E-state index in [4.69, 9.17) is 11.6 Å². The first kappa shape index (κ1) is 13.9. The molecule has 2 rings (SSSR count). The molecule has 1 nitrogen and oxygen atoms in total. The molecule has 1 aromatic carbocycles. The monoisotopic (exact) mass is 266 g/mol. The molecule has 0 saturated heterocycles. The fourth-order valence-corrected chi connectivity index (χ4v) is 3.37. The molecule has 0 spiro atoms. The molecule has 0 radical (unpaired) electrons. The lowest BCUT2D eigenvalue weighted by atomic mass is 9.76. The fourth-order valence-electron chi connectivity index (χ4n) is 3.19. The van der Waals surface area contributed by atoms with Crippen LogP contribution in [0.15, 0.2) is 18.2 Å². The van der Waals surface area contributed by atoms with E-state index in [1.54, 1.807) is 0 Å². The Balaban J connectivity index is 2.15. The normalized spacial score (nSPS) is 26.0. The Morgan fingerprint density at radius 2 is 2.17 bits per heavy atom. The van der Waals surface area contributed by atoms with Gasteiger partial charge in [-0.05, 0) is 48.8 Å². The summed E-state index contributed by atoms with van der Waals surface area (Å²) in [4.78, 5) is 0. The predicted molar refractivity (Wildman–Crippen MR) is 76.9 cm³/mol. The summed E-state index contributed by atoms with van der Waals surface area (Å²) >= 11 is 6.14. The molecular formula is C16H23ClO. The molecule has 100 valence electrons. The molecule has 1 saturated carbocycles. The highest BCUT2D eigenvalue weighted by atomic mass is 35.5. The summed E-state index contributed by atoms with van der Waals surface area (Å²) in [6.45, 7) is 4.26. The van der Waals surface area contributed by atoms with E-state index in [-0.39, 0.29) is 6.10 Å². The van der Waals surface area contributed by atoms with Crippen molar-refractivity contribution >= 4 is 11.6 Å². The van der Waals surface area contributed by atoms with Crippen LogP contribution in [0.25, 0.3) is 0 Å². The largest absolute Gasteiger partial charge is 0.388 e. The standard InChI is InChI=1S/C16H23ClO/c1-3-12-6-4-7-13(10-12)16(18)14-8-5-9-15(17)11(14)2/h5,8-9,12-13,16,18H,3-4,6-7,10H2,1-2H3. The summed E-state index contributed by atoms with van der Waals surface area (Å²) < 4.78 is 0. The van der Waals surface area contributed by atoms with Gasteiger partial charge in [-0.3, -0.25) is 0 Å². The number of aliphatic hydroxyl groups excluding tert-OH is 1. The van der Waals surface area contributed by atoms with Gasteiger partial charge in [0.25, 0.3) is 0 Å². The van der Waals surface area contributed by atoms with Crippen molar-refractivity contribution in [1.29, 1.82) is 0 Å². The molecule has 0 aromatic heterocycles. The highest BCUT2D eigenvalue weighted by molar-refractivity contribution is 6.31. The minimum absolute atomic E-state index is 0.349. The van der Waals surface area contributed by atoms with E-state index in [9.17, 15) is 5.11 Å². The highest BCUT2D eigenvalue weighted by Gasteiger charge is 2.28. The number of halogens is 1. The van der Waals surface area contributed by atoms with Crippen molar-refractivity contribution in [3.05, 3.63) is 34.3 Å². The van der Waals surface area contributed by atoms with Crippen molar-refractivity contribution in [1.82, 2.24) is 0 Å². The Morgan fingerprint density at radius 3 is 2.89 bits per heavy atom. The number of hydrogen-bond donors (Lipinski definition) is 1. The van der Waals surface area contributed by atoms with Crippen LogP contribution in [-0.2, 0) is 0 Å². The molecule has 18 heavy (non-hydrogen) atoms. The van der Waals surface area contributed by atoms with Crippen LogP contribution in [-0.4, -0.2) is 5.11 Å². The van der Waals surface area contributed by atoms with Gasteiger partial charge in [-0.25, -0.2) is 0 Å². The second kappa shape index (κ2) is 6.08. The Labute approximate surface area is 115 Å². The van der Waals surface area contributed by atoms with Crippen molar-refractivity contribution < 1.29 is 5.11 Å². The quantitative estimate of drug-likeness (QED) is 0.825. The van der Waals surface area contributed by atoms with Gasteiger partial charge in [0.1, 0.15) is 0 Å². The third-order valence-corrected chi connectivity index (χ3v) is 4.88. The Bertz CT molecular complexity index is 402. The summed E-state index contributed by atoms with van der Waals surface area (Å²) in [5, 5.41) is 11.4. The Morgan fingerprint density at radius 1 is 1.39 bits per heavy atom. The highest BCUT2D eigenvalue weighted by Crippen LogP contribution is 2.39. The average molecular weight is 267 g/mol. The maximum Gasteiger partial charge on any atom is 0.0821 e. The second-order valence-corrected chi connectivity index (χ2v) is 6.01. The summed E-state index contributed by atoms with van der Waals surface area (Å²) in [5.74, 6) is 1.19. The minimum Gasteiger partial charge on any atom is -0.388 e. The summed E-state index contributed by atoms with van der Waals surface area (Å²) in [6.07, 6.45) is 5.76. The Hall–Kier alpha value is -0.530. The molecule has 1 fully saturated rings. The van der Waals surface area contributed by atoms with Crippen LogP contribution in [0.3, 0.4) is 0 Å². The van der Waals surface area contributed by atoms with Gasteiger partial charge >= 0.3 is 0 Å². The molecule has 1 aliphatic carbocycles. The molecule has 3 atom stereocenters. The van der Waals surface area contributed by atoms with Gasteiger partial charge in [0.15, 0.2) is 0 Å². The van der Waals surface area contributed by atoms with Crippen molar-refractivity contribution in [3.63, 3.8) is 0 Å². The topological polar surface area (TPSA) is 20.2 Å². The third kappa shape index (κ3) is 2.89. The number of hydrogen-bond acceptors (Lipinski definition) is 1. The van der Waals surface area contributed by atoms with Gasteiger partial charge in [0.2, 0.25) is 0 Å². The first-order chi connectivity index (χ1) is 8.63. The van der Waals surface area contributed by atoms with Crippen LogP contribution in [0.2, 0.25) is 5.02 Å². The van der Waals surface area contributed by atoms with E-state index < -0.39 is 0 Å². The lowest BCUT2D eigenvalue weighted by molar-refractivity contribution is 0.0673. The summed E-state index contributed by atoms with van der Waals surface area (Å²) in [6, 6.07) is 5.85. The van der Waals surface area contributed by atoms with Gasteiger partial charge in [-0.2, -0.15) is 0 Å². The lowest BCUT2D eigenvalue weighted by Crippen LogP contribution is -2.21. The van der Waals surface area contributed by atoms with Crippen molar-refractivity contribution in [2.75, 3.05) is 0 Å². The molecule has 0 heterocycles. The van der Waals surface area contributed by atoms with Crippen LogP contribution >= 0.6 is 11.6 Å². The van der Waals surface area contributed by atoms with Crippen LogP contribution in [0, 0.1) is 18.8 Å². The zero-order chi connectivity index (χ0) is 13.1. The molecule has 0 aliphatic heterocycles. The number of benzene rings is 1. The van der Waals surface area contributed by atoms with Crippen molar-refractivity contribution in [2.24, 2.45) is 11.8 Å². The van der Waals surface area contributed by atoms with Crippen LogP contribution < -0.4 is 0 Å². The third-order valence-electron chi connectivity index (χ3n) is 4.48. The lowest BCUT2D eigenvalue weighted by Gasteiger charge is -2.32. The van der Waals surface area contributed by atoms with Crippen molar-refractivity contribution in [3.8, 4) is 0 Å².